The minimum atomic E-state index is -4.34. The lowest BCUT2D eigenvalue weighted by atomic mass is 10.0. The summed E-state index contributed by atoms with van der Waals surface area (Å²) in [4.78, 5) is 29.6. The first-order chi connectivity index (χ1) is 22.6. The van der Waals surface area contributed by atoms with Crippen LogP contribution in [-0.4, -0.2) is 50.9 Å². The average Bonchev–Trinajstić information content (AvgIpc) is 3.06. The maximum absolute atomic E-state index is 14.5. The Morgan fingerprint density at radius 3 is 2.21 bits per heavy atom. The SMILES string of the molecule is CCCCNC(=O)[C@H](Cc1ccccc1)N(Cc1cccc(Cl)c1)C(=O)CN(c1ccc(F)cc1)S(=O)(=O)c1ccc(OCC)cc1. The molecular weight excluding hydrogens is 641 g/mol. The zero-order valence-corrected chi connectivity index (χ0v) is 28.0. The molecule has 4 aromatic rings. The molecule has 0 bridgehead atoms. The highest BCUT2D eigenvalue weighted by Gasteiger charge is 2.34. The highest BCUT2D eigenvalue weighted by molar-refractivity contribution is 7.92. The molecule has 0 saturated carbocycles. The van der Waals surface area contributed by atoms with Crippen LogP contribution < -0.4 is 14.4 Å². The number of sulfonamides is 1. The Morgan fingerprint density at radius 2 is 1.57 bits per heavy atom. The van der Waals surface area contributed by atoms with Crippen LogP contribution in [0.25, 0.3) is 0 Å². The van der Waals surface area contributed by atoms with Gasteiger partial charge < -0.3 is 15.0 Å². The van der Waals surface area contributed by atoms with Crippen molar-refractivity contribution in [3.63, 3.8) is 0 Å². The minimum absolute atomic E-state index is 0.0154. The van der Waals surface area contributed by atoms with Crippen LogP contribution in [0.15, 0.2) is 108 Å². The van der Waals surface area contributed by atoms with Crippen molar-refractivity contribution in [1.82, 2.24) is 10.2 Å². The average molecular weight is 680 g/mol. The highest BCUT2D eigenvalue weighted by Crippen LogP contribution is 2.27. The standard InChI is InChI=1S/C36H39ClFN3O5S/c1-3-5-22-39-36(43)34(24-27-10-7-6-8-11-27)40(25-28-12-9-13-29(37)23-28)35(42)26-41(31-16-14-30(38)15-17-31)47(44,45)33-20-18-32(19-21-33)46-4-2/h6-21,23,34H,3-5,22,24-26H2,1-2H3,(H,39,43)/t34-/m0/s1. The van der Waals surface area contributed by atoms with Gasteiger partial charge in [-0.1, -0.05) is 67.4 Å². The van der Waals surface area contributed by atoms with Gasteiger partial charge in [0.25, 0.3) is 10.0 Å². The molecule has 1 atom stereocenters. The normalized spacial score (nSPS) is 11.8. The number of carbonyl (C=O) groups excluding carboxylic acids is 2. The van der Waals surface area contributed by atoms with Gasteiger partial charge >= 0.3 is 0 Å². The number of benzene rings is 4. The van der Waals surface area contributed by atoms with Crippen LogP contribution in [0.2, 0.25) is 5.02 Å². The molecule has 0 spiro atoms. The van der Waals surface area contributed by atoms with Crippen LogP contribution >= 0.6 is 11.6 Å². The predicted molar refractivity (Wildman–Crippen MR) is 182 cm³/mol. The van der Waals surface area contributed by atoms with Crippen LogP contribution in [0, 0.1) is 5.82 Å². The molecule has 0 saturated heterocycles. The molecule has 8 nitrogen and oxygen atoms in total. The molecule has 4 rings (SSSR count). The van der Waals surface area contributed by atoms with Gasteiger partial charge in [0, 0.05) is 24.5 Å². The van der Waals surface area contributed by atoms with Gasteiger partial charge in [0.15, 0.2) is 0 Å². The van der Waals surface area contributed by atoms with E-state index in [-0.39, 0.29) is 29.5 Å². The third-order valence-electron chi connectivity index (χ3n) is 7.46. The fourth-order valence-corrected chi connectivity index (χ4v) is 6.66. The summed E-state index contributed by atoms with van der Waals surface area (Å²) < 4.78 is 48.7. The van der Waals surface area contributed by atoms with Gasteiger partial charge in [-0.3, -0.25) is 13.9 Å². The van der Waals surface area contributed by atoms with Gasteiger partial charge in [-0.05, 0) is 85.1 Å². The van der Waals surface area contributed by atoms with Crippen molar-refractivity contribution in [2.75, 3.05) is 24.0 Å². The largest absolute Gasteiger partial charge is 0.494 e. The van der Waals surface area contributed by atoms with E-state index in [0.717, 1.165) is 34.8 Å². The van der Waals surface area contributed by atoms with Crippen LogP contribution in [0.4, 0.5) is 10.1 Å². The van der Waals surface area contributed by atoms with E-state index in [1.165, 1.54) is 41.3 Å². The molecule has 1 N–H and O–H groups in total. The Bertz CT molecular complexity index is 1720. The lowest BCUT2D eigenvalue weighted by Crippen LogP contribution is -2.53. The highest BCUT2D eigenvalue weighted by atomic mass is 35.5. The van der Waals surface area contributed by atoms with Crippen molar-refractivity contribution in [2.24, 2.45) is 0 Å². The molecule has 0 aliphatic carbocycles. The number of halogens is 2. The summed E-state index contributed by atoms with van der Waals surface area (Å²) in [5, 5.41) is 3.41. The number of hydrogen-bond acceptors (Lipinski definition) is 5. The zero-order chi connectivity index (χ0) is 33.8. The first kappa shape index (κ1) is 35.4. The number of rotatable bonds is 16. The quantitative estimate of drug-likeness (QED) is 0.134. The summed E-state index contributed by atoms with van der Waals surface area (Å²) >= 11 is 6.29. The molecule has 47 heavy (non-hydrogen) atoms. The van der Waals surface area contributed by atoms with E-state index < -0.39 is 34.3 Å². The lowest BCUT2D eigenvalue weighted by molar-refractivity contribution is -0.140. The van der Waals surface area contributed by atoms with E-state index in [9.17, 15) is 22.4 Å². The number of anilines is 1. The molecule has 0 aliphatic heterocycles. The second-order valence-electron chi connectivity index (χ2n) is 10.9. The fraction of sp³-hybridized carbons (Fsp3) is 0.278. The molecule has 0 aliphatic rings. The third kappa shape index (κ3) is 9.79. The van der Waals surface area contributed by atoms with E-state index >= 15 is 0 Å². The Balaban J connectivity index is 1.78. The van der Waals surface area contributed by atoms with Crippen molar-refractivity contribution in [2.45, 2.75) is 50.6 Å². The Hall–Kier alpha value is -4.41. The van der Waals surface area contributed by atoms with Gasteiger partial charge in [-0.2, -0.15) is 0 Å². The predicted octanol–water partition coefficient (Wildman–Crippen LogP) is 6.63. The number of amides is 2. The number of unbranched alkanes of at least 4 members (excludes halogenated alkanes) is 1. The zero-order valence-electron chi connectivity index (χ0n) is 26.4. The Labute approximate surface area is 281 Å². The van der Waals surface area contributed by atoms with Crippen molar-refractivity contribution >= 4 is 39.1 Å². The van der Waals surface area contributed by atoms with Crippen LogP contribution in [0.1, 0.15) is 37.8 Å². The summed E-state index contributed by atoms with van der Waals surface area (Å²) in [6.07, 6.45) is 1.81. The number of hydrogen-bond donors (Lipinski definition) is 1. The number of nitrogens with zero attached hydrogens (tertiary/aromatic N) is 2. The monoisotopic (exact) mass is 679 g/mol. The molecular formula is C36H39ClFN3O5S. The topological polar surface area (TPSA) is 96.0 Å². The summed E-state index contributed by atoms with van der Waals surface area (Å²) in [6, 6.07) is 26.0. The van der Waals surface area contributed by atoms with Gasteiger partial charge in [0.1, 0.15) is 24.2 Å². The number of carbonyl (C=O) groups is 2. The van der Waals surface area contributed by atoms with Crippen LogP contribution in [-0.2, 0) is 32.6 Å². The summed E-state index contributed by atoms with van der Waals surface area (Å²) in [5.41, 5.74) is 1.57. The second-order valence-corrected chi connectivity index (χ2v) is 13.2. The second kappa shape index (κ2) is 16.9. The molecule has 0 fully saturated rings. The van der Waals surface area contributed by atoms with E-state index in [4.69, 9.17) is 16.3 Å². The number of nitrogens with one attached hydrogen (secondary N) is 1. The molecule has 0 radical (unpaired) electrons. The first-order valence-corrected chi connectivity index (χ1v) is 17.3. The maximum Gasteiger partial charge on any atom is 0.264 e. The van der Waals surface area contributed by atoms with Crippen molar-refractivity contribution < 1.29 is 27.1 Å². The van der Waals surface area contributed by atoms with Gasteiger partial charge in [0.2, 0.25) is 11.8 Å². The molecule has 248 valence electrons. The van der Waals surface area contributed by atoms with Gasteiger partial charge in [0.05, 0.1) is 17.2 Å². The van der Waals surface area contributed by atoms with Crippen molar-refractivity contribution in [3.8, 4) is 5.75 Å². The molecule has 11 heteroatoms. The van der Waals surface area contributed by atoms with E-state index in [1.807, 2.05) is 44.2 Å². The van der Waals surface area contributed by atoms with Crippen molar-refractivity contribution in [3.05, 3.63) is 125 Å². The molecule has 0 unspecified atom stereocenters. The van der Waals surface area contributed by atoms with Gasteiger partial charge in [-0.15, -0.1) is 0 Å². The lowest BCUT2D eigenvalue weighted by Gasteiger charge is -2.34. The first-order valence-electron chi connectivity index (χ1n) is 15.5. The summed E-state index contributed by atoms with van der Waals surface area (Å²) in [7, 11) is -4.34. The Morgan fingerprint density at radius 1 is 0.894 bits per heavy atom. The van der Waals surface area contributed by atoms with Crippen molar-refractivity contribution in [1.29, 1.82) is 0 Å². The third-order valence-corrected chi connectivity index (χ3v) is 9.48. The summed E-state index contributed by atoms with van der Waals surface area (Å²) in [5.74, 6) is -1.06. The maximum atomic E-state index is 14.5. The minimum Gasteiger partial charge on any atom is -0.494 e. The number of ether oxygens (including phenoxy) is 1. The molecule has 0 heterocycles. The summed E-state index contributed by atoms with van der Waals surface area (Å²) in [6.45, 7) is 3.98. The fourth-order valence-electron chi connectivity index (χ4n) is 5.03. The van der Waals surface area contributed by atoms with Crippen LogP contribution in [0.3, 0.4) is 0 Å². The van der Waals surface area contributed by atoms with E-state index in [1.54, 1.807) is 24.3 Å². The molecule has 2 amide bonds. The van der Waals surface area contributed by atoms with E-state index in [2.05, 4.69) is 5.32 Å². The molecule has 4 aromatic carbocycles. The van der Waals surface area contributed by atoms with Crippen LogP contribution in [0.5, 0.6) is 5.75 Å². The van der Waals surface area contributed by atoms with Gasteiger partial charge in [-0.25, -0.2) is 12.8 Å². The van der Waals surface area contributed by atoms with E-state index in [0.29, 0.717) is 29.5 Å². The Kier molecular flexibility index (Phi) is 12.8. The molecule has 0 aromatic heterocycles. The smallest absolute Gasteiger partial charge is 0.264 e.